The smallest absolute Gasteiger partial charge is 0.251 e. The molecule has 1 amide bonds. The second kappa shape index (κ2) is 6.84. The first-order valence-corrected chi connectivity index (χ1v) is 8.83. The molecule has 3 aromatic rings. The van der Waals surface area contributed by atoms with E-state index in [0.717, 1.165) is 22.3 Å². The lowest BCUT2D eigenvalue weighted by Crippen LogP contribution is -2.19. The minimum absolute atomic E-state index is 0.110. The number of halogens is 1. The molecule has 0 radical (unpaired) electrons. The largest absolute Gasteiger partial charge is 0.355 e. The van der Waals surface area contributed by atoms with E-state index in [2.05, 4.69) is 54.9 Å². The molecule has 25 heavy (non-hydrogen) atoms. The molecule has 0 aliphatic heterocycles. The SMILES string of the molecule is CNC(=O)c1cc(Nc2nc(Br)cc3ncn(C(C)C)c23)ccc1C. The number of anilines is 2. The molecule has 2 N–H and O–H groups in total. The van der Waals surface area contributed by atoms with Gasteiger partial charge in [-0.3, -0.25) is 4.79 Å². The van der Waals surface area contributed by atoms with E-state index in [1.807, 2.05) is 37.5 Å². The van der Waals surface area contributed by atoms with Crippen molar-refractivity contribution in [2.24, 2.45) is 0 Å². The van der Waals surface area contributed by atoms with Crippen LogP contribution in [0.2, 0.25) is 0 Å². The number of aryl methyl sites for hydroxylation is 1. The lowest BCUT2D eigenvalue weighted by Gasteiger charge is -2.14. The van der Waals surface area contributed by atoms with Crippen molar-refractivity contribution in [1.29, 1.82) is 0 Å². The third-order valence-corrected chi connectivity index (χ3v) is 4.46. The molecule has 0 aliphatic rings. The fourth-order valence-corrected chi connectivity index (χ4v) is 3.12. The number of fused-ring (bicyclic) bond motifs is 1. The van der Waals surface area contributed by atoms with Gasteiger partial charge in [-0.2, -0.15) is 0 Å². The summed E-state index contributed by atoms with van der Waals surface area (Å²) in [5, 5.41) is 6.00. The fraction of sp³-hybridized carbons (Fsp3) is 0.278. The van der Waals surface area contributed by atoms with Gasteiger partial charge in [-0.15, -0.1) is 0 Å². The molecule has 0 unspecified atom stereocenters. The number of rotatable bonds is 4. The van der Waals surface area contributed by atoms with E-state index in [0.29, 0.717) is 16.0 Å². The van der Waals surface area contributed by atoms with Crippen molar-refractivity contribution >= 4 is 44.4 Å². The van der Waals surface area contributed by atoms with E-state index >= 15 is 0 Å². The van der Waals surface area contributed by atoms with E-state index in [4.69, 9.17) is 0 Å². The summed E-state index contributed by atoms with van der Waals surface area (Å²) in [6, 6.07) is 7.84. The van der Waals surface area contributed by atoms with Crippen LogP contribution in [0.5, 0.6) is 0 Å². The molecule has 2 aromatic heterocycles. The molecule has 2 heterocycles. The lowest BCUT2D eigenvalue weighted by molar-refractivity contribution is 0.0962. The second-order valence-electron chi connectivity index (χ2n) is 6.14. The summed E-state index contributed by atoms with van der Waals surface area (Å²) in [5.41, 5.74) is 4.14. The molecule has 6 nitrogen and oxygen atoms in total. The number of hydrogen-bond donors (Lipinski definition) is 2. The molecular weight excluding hydrogens is 382 g/mol. The summed E-state index contributed by atoms with van der Waals surface area (Å²) >= 11 is 3.44. The lowest BCUT2D eigenvalue weighted by atomic mass is 10.1. The number of imidazole rings is 1. The van der Waals surface area contributed by atoms with E-state index in [1.165, 1.54) is 0 Å². The van der Waals surface area contributed by atoms with Crippen LogP contribution in [0.3, 0.4) is 0 Å². The van der Waals surface area contributed by atoms with Gasteiger partial charge in [-0.05, 0) is 60.5 Å². The fourth-order valence-electron chi connectivity index (χ4n) is 2.72. The summed E-state index contributed by atoms with van der Waals surface area (Å²) in [4.78, 5) is 21.1. The predicted octanol–water partition coefficient (Wildman–Crippen LogP) is 4.19. The second-order valence-corrected chi connectivity index (χ2v) is 6.95. The molecule has 0 bridgehead atoms. The van der Waals surface area contributed by atoms with E-state index in [9.17, 15) is 4.79 Å². The third-order valence-electron chi connectivity index (χ3n) is 4.05. The monoisotopic (exact) mass is 401 g/mol. The molecule has 0 spiro atoms. The normalized spacial score (nSPS) is 11.1. The zero-order valence-corrected chi connectivity index (χ0v) is 16.2. The van der Waals surface area contributed by atoms with Gasteiger partial charge in [0.2, 0.25) is 0 Å². The van der Waals surface area contributed by atoms with E-state index < -0.39 is 0 Å². The molecule has 0 fully saturated rings. The summed E-state index contributed by atoms with van der Waals surface area (Å²) in [7, 11) is 1.63. The highest BCUT2D eigenvalue weighted by Gasteiger charge is 2.15. The Morgan fingerprint density at radius 1 is 1.28 bits per heavy atom. The van der Waals surface area contributed by atoms with Gasteiger partial charge < -0.3 is 15.2 Å². The van der Waals surface area contributed by atoms with Crippen LogP contribution in [0.4, 0.5) is 11.5 Å². The van der Waals surface area contributed by atoms with Gasteiger partial charge in [0.1, 0.15) is 10.1 Å². The van der Waals surface area contributed by atoms with Crippen LogP contribution >= 0.6 is 15.9 Å². The summed E-state index contributed by atoms with van der Waals surface area (Å²) in [5.74, 6) is 0.586. The Bertz CT molecular complexity index is 948. The summed E-state index contributed by atoms with van der Waals surface area (Å²) in [6.07, 6.45) is 1.82. The van der Waals surface area contributed by atoms with E-state index in [-0.39, 0.29) is 11.9 Å². The van der Waals surface area contributed by atoms with Crippen molar-refractivity contribution in [2.45, 2.75) is 26.8 Å². The summed E-state index contributed by atoms with van der Waals surface area (Å²) < 4.78 is 2.78. The van der Waals surface area contributed by atoms with Crippen molar-refractivity contribution in [3.63, 3.8) is 0 Å². The third kappa shape index (κ3) is 3.37. The predicted molar refractivity (Wildman–Crippen MR) is 103 cm³/mol. The number of carbonyl (C=O) groups excluding carboxylic acids is 1. The maximum Gasteiger partial charge on any atom is 0.251 e. The first-order chi connectivity index (χ1) is 11.9. The van der Waals surface area contributed by atoms with Crippen LogP contribution in [0.15, 0.2) is 35.2 Å². The van der Waals surface area contributed by atoms with Crippen molar-refractivity contribution in [3.8, 4) is 0 Å². The number of carbonyl (C=O) groups is 1. The number of nitrogens with one attached hydrogen (secondary N) is 2. The average molecular weight is 402 g/mol. The van der Waals surface area contributed by atoms with Gasteiger partial charge in [0.25, 0.3) is 5.91 Å². The van der Waals surface area contributed by atoms with Crippen LogP contribution in [-0.4, -0.2) is 27.5 Å². The molecule has 0 saturated heterocycles. The number of amides is 1. The number of hydrogen-bond acceptors (Lipinski definition) is 4. The first-order valence-electron chi connectivity index (χ1n) is 8.03. The Kier molecular flexibility index (Phi) is 4.76. The summed E-state index contributed by atoms with van der Waals surface area (Å²) in [6.45, 7) is 6.11. The van der Waals surface area contributed by atoms with Gasteiger partial charge in [0, 0.05) is 24.3 Å². The molecule has 1 aromatic carbocycles. The van der Waals surface area contributed by atoms with Gasteiger partial charge in [0.05, 0.1) is 11.8 Å². The Hall–Kier alpha value is -2.41. The Morgan fingerprint density at radius 2 is 2.04 bits per heavy atom. The van der Waals surface area contributed by atoms with Crippen LogP contribution in [0.25, 0.3) is 11.0 Å². The zero-order chi connectivity index (χ0) is 18.1. The van der Waals surface area contributed by atoms with Gasteiger partial charge in [-0.25, -0.2) is 9.97 Å². The molecule has 0 aliphatic carbocycles. The highest BCUT2D eigenvalue weighted by atomic mass is 79.9. The van der Waals surface area contributed by atoms with Crippen LogP contribution < -0.4 is 10.6 Å². The Balaban J connectivity index is 2.09. The number of aromatic nitrogens is 3. The number of benzene rings is 1. The Morgan fingerprint density at radius 3 is 2.72 bits per heavy atom. The zero-order valence-electron chi connectivity index (χ0n) is 14.6. The highest BCUT2D eigenvalue weighted by molar-refractivity contribution is 9.10. The standard InChI is InChI=1S/C18H20BrN5O/c1-10(2)24-9-21-14-8-15(19)23-17(16(14)24)22-12-6-5-11(3)13(7-12)18(25)20-4/h5-10H,1-4H3,(H,20,25)(H,22,23). The van der Waals surface area contributed by atoms with Crippen molar-refractivity contribution in [2.75, 3.05) is 12.4 Å². The number of nitrogens with zero attached hydrogens (tertiary/aromatic N) is 3. The molecule has 7 heteroatoms. The molecular formula is C18H20BrN5O. The topological polar surface area (TPSA) is 71.8 Å². The maximum atomic E-state index is 12.0. The van der Waals surface area contributed by atoms with E-state index in [1.54, 1.807) is 7.05 Å². The van der Waals surface area contributed by atoms with Gasteiger partial charge >= 0.3 is 0 Å². The van der Waals surface area contributed by atoms with Crippen LogP contribution in [0, 0.1) is 6.92 Å². The molecule has 3 rings (SSSR count). The average Bonchev–Trinajstić information content (AvgIpc) is 3.00. The quantitative estimate of drug-likeness (QED) is 0.642. The Labute approximate surface area is 154 Å². The van der Waals surface area contributed by atoms with Gasteiger partial charge in [0.15, 0.2) is 5.82 Å². The van der Waals surface area contributed by atoms with Crippen molar-refractivity contribution in [3.05, 3.63) is 46.3 Å². The van der Waals surface area contributed by atoms with Gasteiger partial charge in [-0.1, -0.05) is 6.07 Å². The van der Waals surface area contributed by atoms with Crippen LogP contribution in [0.1, 0.15) is 35.8 Å². The van der Waals surface area contributed by atoms with Crippen molar-refractivity contribution < 1.29 is 4.79 Å². The maximum absolute atomic E-state index is 12.0. The molecule has 0 saturated carbocycles. The highest BCUT2D eigenvalue weighted by Crippen LogP contribution is 2.29. The first kappa shape index (κ1) is 17.4. The minimum Gasteiger partial charge on any atom is -0.355 e. The number of pyridine rings is 1. The molecule has 130 valence electrons. The van der Waals surface area contributed by atoms with Crippen LogP contribution in [-0.2, 0) is 0 Å². The molecule has 0 atom stereocenters. The van der Waals surface area contributed by atoms with Crippen molar-refractivity contribution in [1.82, 2.24) is 19.9 Å². The minimum atomic E-state index is -0.110.